The van der Waals surface area contributed by atoms with E-state index in [0.717, 1.165) is 43.9 Å². The molecule has 0 saturated carbocycles. The Kier molecular flexibility index (Phi) is 4.65. The van der Waals surface area contributed by atoms with E-state index in [-0.39, 0.29) is 5.91 Å². The maximum absolute atomic E-state index is 12.7. The van der Waals surface area contributed by atoms with E-state index in [4.69, 9.17) is 4.74 Å². The Morgan fingerprint density at radius 1 is 1.20 bits per heavy atom. The van der Waals surface area contributed by atoms with Crippen molar-refractivity contribution in [1.82, 2.24) is 9.80 Å². The van der Waals surface area contributed by atoms with Gasteiger partial charge in [0.05, 0.1) is 12.7 Å². The zero-order valence-electron chi connectivity index (χ0n) is 12.9. The maximum Gasteiger partial charge on any atom is 0.257 e. The predicted octanol–water partition coefficient (Wildman–Crippen LogP) is 2.09. The number of benzene rings is 1. The average Bonchev–Trinajstić information content (AvgIpc) is 2.46. The summed E-state index contributed by atoms with van der Waals surface area (Å²) in [6.45, 7) is 10.7. The predicted molar refractivity (Wildman–Crippen MR) is 80.5 cm³/mol. The van der Waals surface area contributed by atoms with Crippen molar-refractivity contribution in [3.63, 3.8) is 0 Å². The van der Waals surface area contributed by atoms with Crippen LogP contribution in [0.1, 0.15) is 28.4 Å². The van der Waals surface area contributed by atoms with Crippen molar-refractivity contribution in [3.8, 4) is 5.75 Å². The van der Waals surface area contributed by atoms with Crippen LogP contribution < -0.4 is 4.74 Å². The number of rotatable bonds is 3. The highest BCUT2D eigenvalue weighted by atomic mass is 16.5. The fourth-order valence-electron chi connectivity index (χ4n) is 2.82. The second-order valence-corrected chi connectivity index (χ2v) is 5.39. The standard InChI is InChI=1S/C16H24N2O2/c1-5-17-6-8-18(9-7-17)16(19)14-11-12(2)10-13(3)15(14)20-4/h10-11H,5-9H2,1-4H3. The number of aryl methyl sites for hydroxylation is 2. The first-order valence-corrected chi connectivity index (χ1v) is 7.23. The second kappa shape index (κ2) is 6.27. The number of likely N-dealkylation sites (N-methyl/N-ethyl adjacent to an activating group) is 1. The van der Waals surface area contributed by atoms with Crippen molar-refractivity contribution >= 4 is 5.91 Å². The van der Waals surface area contributed by atoms with Crippen molar-refractivity contribution in [2.45, 2.75) is 20.8 Å². The van der Waals surface area contributed by atoms with E-state index >= 15 is 0 Å². The van der Waals surface area contributed by atoms with Crippen molar-refractivity contribution in [1.29, 1.82) is 0 Å². The molecule has 4 nitrogen and oxygen atoms in total. The van der Waals surface area contributed by atoms with E-state index in [9.17, 15) is 4.79 Å². The molecule has 1 aromatic carbocycles. The van der Waals surface area contributed by atoms with Crippen LogP contribution in [0.5, 0.6) is 5.75 Å². The van der Waals surface area contributed by atoms with Crippen LogP contribution in [-0.2, 0) is 0 Å². The summed E-state index contributed by atoms with van der Waals surface area (Å²) in [5.74, 6) is 0.794. The molecule has 1 amide bonds. The first-order valence-electron chi connectivity index (χ1n) is 7.23. The molecule has 1 saturated heterocycles. The number of methoxy groups -OCH3 is 1. The molecular formula is C16H24N2O2. The monoisotopic (exact) mass is 276 g/mol. The van der Waals surface area contributed by atoms with Gasteiger partial charge in [0, 0.05) is 26.2 Å². The van der Waals surface area contributed by atoms with Gasteiger partial charge in [0.1, 0.15) is 5.75 Å². The minimum absolute atomic E-state index is 0.0874. The zero-order chi connectivity index (χ0) is 14.7. The van der Waals surface area contributed by atoms with E-state index in [2.05, 4.69) is 11.8 Å². The van der Waals surface area contributed by atoms with Crippen molar-refractivity contribution in [2.24, 2.45) is 0 Å². The molecule has 1 aliphatic rings. The molecule has 1 fully saturated rings. The Labute approximate surface area is 121 Å². The maximum atomic E-state index is 12.7. The summed E-state index contributed by atoms with van der Waals surface area (Å²) in [7, 11) is 1.63. The van der Waals surface area contributed by atoms with Crippen molar-refractivity contribution < 1.29 is 9.53 Å². The molecule has 110 valence electrons. The highest BCUT2D eigenvalue weighted by molar-refractivity contribution is 5.97. The molecule has 1 aromatic rings. The van der Waals surface area contributed by atoms with Gasteiger partial charge in [-0.15, -0.1) is 0 Å². The fraction of sp³-hybridized carbons (Fsp3) is 0.562. The van der Waals surface area contributed by atoms with Gasteiger partial charge >= 0.3 is 0 Å². The Hall–Kier alpha value is -1.55. The topological polar surface area (TPSA) is 32.8 Å². The van der Waals surface area contributed by atoms with Crippen LogP contribution in [-0.4, -0.2) is 55.5 Å². The summed E-state index contributed by atoms with van der Waals surface area (Å²) in [6, 6.07) is 3.98. The number of piperazine rings is 1. The van der Waals surface area contributed by atoms with Crippen molar-refractivity contribution in [3.05, 3.63) is 28.8 Å². The first kappa shape index (κ1) is 14.9. The average molecular weight is 276 g/mol. The third kappa shape index (κ3) is 2.96. The second-order valence-electron chi connectivity index (χ2n) is 5.39. The number of hydrogen-bond donors (Lipinski definition) is 0. The molecule has 0 aliphatic carbocycles. The lowest BCUT2D eigenvalue weighted by Crippen LogP contribution is -2.48. The summed E-state index contributed by atoms with van der Waals surface area (Å²) in [4.78, 5) is 17.0. The molecular weight excluding hydrogens is 252 g/mol. The van der Waals surface area contributed by atoms with Gasteiger partial charge in [0.2, 0.25) is 0 Å². The van der Waals surface area contributed by atoms with Gasteiger partial charge in [-0.25, -0.2) is 0 Å². The van der Waals surface area contributed by atoms with Crippen LogP contribution in [0.4, 0.5) is 0 Å². The van der Waals surface area contributed by atoms with Gasteiger partial charge in [-0.05, 0) is 37.6 Å². The number of carbonyl (C=O) groups excluding carboxylic acids is 1. The number of carbonyl (C=O) groups is 1. The van der Waals surface area contributed by atoms with E-state index in [1.165, 1.54) is 0 Å². The number of amides is 1. The third-order valence-electron chi connectivity index (χ3n) is 3.96. The van der Waals surface area contributed by atoms with Crippen molar-refractivity contribution in [2.75, 3.05) is 39.8 Å². The molecule has 0 unspecified atom stereocenters. The quantitative estimate of drug-likeness (QED) is 0.847. The first-order chi connectivity index (χ1) is 9.56. The molecule has 0 N–H and O–H groups in total. The van der Waals surface area contributed by atoms with Gasteiger partial charge in [-0.1, -0.05) is 13.0 Å². The normalized spacial score (nSPS) is 16.3. The molecule has 0 aromatic heterocycles. The highest BCUT2D eigenvalue weighted by Gasteiger charge is 2.24. The van der Waals surface area contributed by atoms with Gasteiger partial charge in [0.25, 0.3) is 5.91 Å². The minimum Gasteiger partial charge on any atom is -0.496 e. The van der Waals surface area contributed by atoms with Crippen LogP contribution >= 0.6 is 0 Å². The summed E-state index contributed by atoms with van der Waals surface area (Å²) in [5.41, 5.74) is 2.80. The fourth-order valence-corrected chi connectivity index (χ4v) is 2.82. The lowest BCUT2D eigenvalue weighted by Gasteiger charge is -2.34. The molecule has 0 atom stereocenters. The Balaban J connectivity index is 2.21. The van der Waals surface area contributed by atoms with E-state index in [0.29, 0.717) is 11.3 Å². The van der Waals surface area contributed by atoms with Crippen LogP contribution in [0, 0.1) is 13.8 Å². The number of ether oxygens (including phenoxy) is 1. The third-order valence-corrected chi connectivity index (χ3v) is 3.96. The number of hydrogen-bond acceptors (Lipinski definition) is 3. The molecule has 2 rings (SSSR count). The largest absolute Gasteiger partial charge is 0.496 e. The molecule has 4 heteroatoms. The summed E-state index contributed by atoms with van der Waals surface area (Å²) < 4.78 is 5.43. The minimum atomic E-state index is 0.0874. The van der Waals surface area contributed by atoms with Crippen LogP contribution in [0.15, 0.2) is 12.1 Å². The Morgan fingerprint density at radius 2 is 1.85 bits per heavy atom. The Morgan fingerprint density at radius 3 is 2.40 bits per heavy atom. The van der Waals surface area contributed by atoms with Gasteiger partial charge in [-0.3, -0.25) is 4.79 Å². The summed E-state index contributed by atoms with van der Waals surface area (Å²) in [6.07, 6.45) is 0. The van der Waals surface area contributed by atoms with E-state index < -0.39 is 0 Å². The molecule has 20 heavy (non-hydrogen) atoms. The molecule has 1 heterocycles. The molecule has 0 radical (unpaired) electrons. The van der Waals surface area contributed by atoms with Gasteiger partial charge in [0.15, 0.2) is 0 Å². The smallest absolute Gasteiger partial charge is 0.257 e. The molecule has 0 bridgehead atoms. The van der Waals surface area contributed by atoms with Crippen LogP contribution in [0.2, 0.25) is 0 Å². The van der Waals surface area contributed by atoms with E-state index in [1.807, 2.05) is 30.9 Å². The zero-order valence-corrected chi connectivity index (χ0v) is 12.9. The van der Waals surface area contributed by atoms with E-state index in [1.54, 1.807) is 7.11 Å². The van der Waals surface area contributed by atoms with Crippen LogP contribution in [0.3, 0.4) is 0 Å². The SMILES string of the molecule is CCN1CCN(C(=O)c2cc(C)cc(C)c2OC)CC1. The Bertz CT molecular complexity index is 491. The number of nitrogens with zero attached hydrogens (tertiary/aromatic N) is 2. The summed E-state index contributed by atoms with van der Waals surface area (Å²) >= 11 is 0. The lowest BCUT2D eigenvalue weighted by atomic mass is 10.0. The molecule has 1 aliphatic heterocycles. The lowest BCUT2D eigenvalue weighted by molar-refractivity contribution is 0.0640. The van der Waals surface area contributed by atoms with Gasteiger partial charge in [-0.2, -0.15) is 0 Å². The highest BCUT2D eigenvalue weighted by Crippen LogP contribution is 2.26. The summed E-state index contributed by atoms with van der Waals surface area (Å²) in [5, 5.41) is 0. The van der Waals surface area contributed by atoms with Crippen LogP contribution in [0.25, 0.3) is 0 Å². The molecule has 0 spiro atoms. The van der Waals surface area contributed by atoms with Gasteiger partial charge < -0.3 is 14.5 Å².